The lowest BCUT2D eigenvalue weighted by molar-refractivity contribution is 0.288. The first-order valence-corrected chi connectivity index (χ1v) is 4.60. The van der Waals surface area contributed by atoms with E-state index in [1.807, 2.05) is 0 Å². The van der Waals surface area contributed by atoms with Crippen molar-refractivity contribution in [3.05, 3.63) is 11.6 Å². The van der Waals surface area contributed by atoms with Gasteiger partial charge in [0.25, 0.3) is 0 Å². The van der Waals surface area contributed by atoms with Crippen LogP contribution in [0.1, 0.15) is 33.6 Å². The average Bonchev–Trinajstić information content (AvgIpc) is 2.61. The first kappa shape index (κ1) is 9.75. The van der Waals surface area contributed by atoms with Gasteiger partial charge in [-0.25, -0.2) is 0 Å². The normalized spacial score (nSPS) is 33.2. The predicted octanol–water partition coefficient (Wildman–Crippen LogP) is 1.46. The standard InChI is InChI=1S/C10H19NO/c1-8(2)5-4-6-10(3)9(7-12)11-10/h5,9,11-12H,4,6-7H2,1-3H3/t9-,10-/m1/s1. The molecule has 2 heteroatoms. The maximum atomic E-state index is 8.87. The van der Waals surface area contributed by atoms with Gasteiger partial charge in [0.15, 0.2) is 0 Å². The van der Waals surface area contributed by atoms with E-state index in [-0.39, 0.29) is 12.1 Å². The van der Waals surface area contributed by atoms with E-state index in [9.17, 15) is 0 Å². The van der Waals surface area contributed by atoms with Crippen molar-refractivity contribution >= 4 is 0 Å². The van der Waals surface area contributed by atoms with Crippen molar-refractivity contribution in [1.29, 1.82) is 0 Å². The van der Waals surface area contributed by atoms with Gasteiger partial charge in [0, 0.05) is 11.6 Å². The van der Waals surface area contributed by atoms with Crippen LogP contribution < -0.4 is 5.32 Å². The summed E-state index contributed by atoms with van der Waals surface area (Å²) in [4.78, 5) is 0. The molecule has 70 valence electrons. The van der Waals surface area contributed by atoms with E-state index < -0.39 is 0 Å². The summed E-state index contributed by atoms with van der Waals surface area (Å²) in [6, 6.07) is 0.336. The highest BCUT2D eigenvalue weighted by atomic mass is 16.3. The number of hydrogen-bond acceptors (Lipinski definition) is 2. The van der Waals surface area contributed by atoms with Crippen LogP contribution in [0.2, 0.25) is 0 Å². The highest BCUT2D eigenvalue weighted by Crippen LogP contribution is 2.30. The Labute approximate surface area is 74.7 Å². The largest absolute Gasteiger partial charge is 0.395 e. The molecule has 0 radical (unpaired) electrons. The van der Waals surface area contributed by atoms with E-state index in [2.05, 4.69) is 32.2 Å². The van der Waals surface area contributed by atoms with Gasteiger partial charge in [-0.15, -0.1) is 0 Å². The molecule has 0 aromatic rings. The summed E-state index contributed by atoms with van der Waals surface area (Å²) in [5.41, 5.74) is 1.58. The smallest absolute Gasteiger partial charge is 0.0602 e. The first-order valence-electron chi connectivity index (χ1n) is 4.60. The van der Waals surface area contributed by atoms with Crippen molar-refractivity contribution in [2.75, 3.05) is 6.61 Å². The minimum Gasteiger partial charge on any atom is -0.395 e. The Morgan fingerprint density at radius 3 is 2.67 bits per heavy atom. The van der Waals surface area contributed by atoms with E-state index >= 15 is 0 Å². The number of hydrogen-bond donors (Lipinski definition) is 2. The monoisotopic (exact) mass is 169 g/mol. The molecule has 1 heterocycles. The molecular formula is C10H19NO. The van der Waals surface area contributed by atoms with Gasteiger partial charge in [0.05, 0.1) is 6.61 Å². The molecule has 1 saturated heterocycles. The Morgan fingerprint density at radius 2 is 2.25 bits per heavy atom. The van der Waals surface area contributed by atoms with Crippen LogP contribution in [0.4, 0.5) is 0 Å². The molecule has 2 atom stereocenters. The lowest BCUT2D eigenvalue weighted by atomic mass is 10.0. The third-order valence-corrected chi connectivity index (χ3v) is 2.59. The third-order valence-electron chi connectivity index (χ3n) is 2.59. The van der Waals surface area contributed by atoms with Gasteiger partial charge in [0.1, 0.15) is 0 Å². The molecule has 0 aromatic heterocycles. The van der Waals surface area contributed by atoms with Crippen molar-refractivity contribution in [2.24, 2.45) is 0 Å². The minimum absolute atomic E-state index is 0.209. The van der Waals surface area contributed by atoms with Crippen LogP contribution in [0.15, 0.2) is 11.6 Å². The van der Waals surface area contributed by atoms with Gasteiger partial charge >= 0.3 is 0 Å². The van der Waals surface area contributed by atoms with Crippen LogP contribution >= 0.6 is 0 Å². The Balaban J connectivity index is 2.21. The lowest BCUT2D eigenvalue weighted by Gasteiger charge is -2.05. The molecule has 0 saturated carbocycles. The molecule has 1 aliphatic heterocycles. The Kier molecular flexibility index (Phi) is 2.91. The summed E-state index contributed by atoms with van der Waals surface area (Å²) in [5, 5.41) is 12.2. The fourth-order valence-electron chi connectivity index (χ4n) is 1.51. The molecule has 2 N–H and O–H groups in total. The summed E-state index contributed by atoms with van der Waals surface area (Å²) in [6.07, 6.45) is 4.49. The summed E-state index contributed by atoms with van der Waals surface area (Å²) >= 11 is 0. The van der Waals surface area contributed by atoms with Gasteiger partial charge in [-0.1, -0.05) is 11.6 Å². The SMILES string of the molecule is CC(C)=CCC[C@@]1(C)N[C@@H]1CO. The van der Waals surface area contributed by atoms with Crippen molar-refractivity contribution in [3.8, 4) is 0 Å². The van der Waals surface area contributed by atoms with Crippen molar-refractivity contribution in [2.45, 2.75) is 45.2 Å². The molecule has 1 rings (SSSR count). The van der Waals surface area contributed by atoms with Crippen LogP contribution in [0.5, 0.6) is 0 Å². The Morgan fingerprint density at radius 1 is 1.58 bits per heavy atom. The van der Waals surface area contributed by atoms with Crippen molar-refractivity contribution < 1.29 is 5.11 Å². The first-order chi connectivity index (χ1) is 5.58. The van der Waals surface area contributed by atoms with Crippen LogP contribution in [0, 0.1) is 0 Å². The zero-order chi connectivity index (χ0) is 9.19. The predicted molar refractivity (Wildman–Crippen MR) is 51.1 cm³/mol. The number of aliphatic hydroxyl groups is 1. The van der Waals surface area contributed by atoms with E-state index in [4.69, 9.17) is 5.11 Å². The summed E-state index contributed by atoms with van der Waals surface area (Å²) in [7, 11) is 0. The molecule has 0 unspecified atom stereocenters. The van der Waals surface area contributed by atoms with E-state index in [1.165, 1.54) is 5.57 Å². The van der Waals surface area contributed by atoms with Gasteiger partial charge in [-0.3, -0.25) is 0 Å². The van der Waals surface area contributed by atoms with Crippen LogP contribution in [0.3, 0.4) is 0 Å². The zero-order valence-electron chi connectivity index (χ0n) is 8.22. The van der Waals surface area contributed by atoms with Crippen LogP contribution in [0.25, 0.3) is 0 Å². The van der Waals surface area contributed by atoms with Gasteiger partial charge in [-0.2, -0.15) is 0 Å². The quantitative estimate of drug-likeness (QED) is 0.494. The number of allylic oxidation sites excluding steroid dienone is 2. The second-order valence-electron chi connectivity index (χ2n) is 4.12. The molecule has 0 spiro atoms. The fourth-order valence-corrected chi connectivity index (χ4v) is 1.51. The van der Waals surface area contributed by atoms with Gasteiger partial charge in [-0.05, 0) is 33.6 Å². The second-order valence-corrected chi connectivity index (χ2v) is 4.12. The maximum Gasteiger partial charge on any atom is 0.0602 e. The Hall–Kier alpha value is -0.340. The molecule has 0 bridgehead atoms. The summed E-state index contributed by atoms with van der Waals surface area (Å²) < 4.78 is 0. The van der Waals surface area contributed by atoms with E-state index in [0.29, 0.717) is 6.04 Å². The molecule has 12 heavy (non-hydrogen) atoms. The van der Waals surface area contributed by atoms with E-state index in [1.54, 1.807) is 0 Å². The molecule has 0 aliphatic carbocycles. The van der Waals surface area contributed by atoms with Gasteiger partial charge in [0.2, 0.25) is 0 Å². The lowest BCUT2D eigenvalue weighted by Crippen LogP contribution is -2.12. The number of aliphatic hydroxyl groups excluding tert-OH is 1. The van der Waals surface area contributed by atoms with Gasteiger partial charge < -0.3 is 10.4 Å². The van der Waals surface area contributed by atoms with Crippen molar-refractivity contribution in [3.63, 3.8) is 0 Å². The highest BCUT2D eigenvalue weighted by molar-refractivity contribution is 5.11. The minimum atomic E-state index is 0.209. The topological polar surface area (TPSA) is 42.2 Å². The molecular weight excluding hydrogens is 150 g/mol. The molecule has 0 amide bonds. The van der Waals surface area contributed by atoms with E-state index in [0.717, 1.165) is 12.8 Å². The average molecular weight is 169 g/mol. The molecule has 0 aromatic carbocycles. The molecule has 1 aliphatic rings. The Bertz CT molecular complexity index is 184. The van der Waals surface area contributed by atoms with Crippen LogP contribution in [-0.2, 0) is 0 Å². The molecule has 1 fully saturated rings. The highest BCUT2D eigenvalue weighted by Gasteiger charge is 2.47. The van der Waals surface area contributed by atoms with Crippen LogP contribution in [-0.4, -0.2) is 23.3 Å². The summed E-state index contributed by atoms with van der Waals surface area (Å²) in [6.45, 7) is 6.68. The second kappa shape index (κ2) is 3.58. The fraction of sp³-hybridized carbons (Fsp3) is 0.800. The van der Waals surface area contributed by atoms with Crippen molar-refractivity contribution in [1.82, 2.24) is 5.32 Å². The maximum absolute atomic E-state index is 8.87. The number of rotatable bonds is 4. The number of nitrogens with one attached hydrogen (secondary N) is 1. The zero-order valence-corrected chi connectivity index (χ0v) is 8.22. The molecule has 2 nitrogen and oxygen atoms in total. The third kappa shape index (κ3) is 2.32. The summed E-state index contributed by atoms with van der Waals surface area (Å²) in [5.74, 6) is 0.